The molecule has 7 heteroatoms. The van der Waals surface area contributed by atoms with Gasteiger partial charge >= 0.3 is 0 Å². The van der Waals surface area contributed by atoms with Gasteiger partial charge in [-0.25, -0.2) is 14.1 Å². The Balaban J connectivity index is 1.82. The summed E-state index contributed by atoms with van der Waals surface area (Å²) in [4.78, 5) is 8.84. The summed E-state index contributed by atoms with van der Waals surface area (Å²) >= 11 is 0. The fraction of sp³-hybridized carbons (Fsp3) is 0.105. The zero-order valence-corrected chi connectivity index (χ0v) is 13.9. The molecule has 0 aliphatic rings. The highest BCUT2D eigenvalue weighted by Gasteiger charge is 2.21. The molecular formula is C19H17FN4O2. The van der Waals surface area contributed by atoms with Gasteiger partial charge in [0.25, 0.3) is 0 Å². The predicted molar refractivity (Wildman–Crippen MR) is 95.8 cm³/mol. The molecule has 0 saturated heterocycles. The van der Waals surface area contributed by atoms with Gasteiger partial charge in [0.05, 0.1) is 0 Å². The summed E-state index contributed by atoms with van der Waals surface area (Å²) in [5, 5.41) is 7.71. The normalized spacial score (nSPS) is 12.4. The fourth-order valence-corrected chi connectivity index (χ4v) is 2.17. The summed E-state index contributed by atoms with van der Waals surface area (Å²) in [6.07, 6.45) is 2.43. The zero-order valence-electron chi connectivity index (χ0n) is 13.9. The lowest BCUT2D eigenvalue weighted by molar-refractivity contribution is 0.168. The maximum Gasteiger partial charge on any atom is 0.239 e. The zero-order chi connectivity index (χ0) is 18.2. The Morgan fingerprint density at radius 3 is 2.54 bits per heavy atom. The van der Waals surface area contributed by atoms with Crippen molar-refractivity contribution in [3.63, 3.8) is 0 Å². The van der Waals surface area contributed by atoms with Crippen molar-refractivity contribution >= 4 is 5.71 Å². The van der Waals surface area contributed by atoms with E-state index in [1.165, 1.54) is 18.7 Å². The number of halogens is 1. The highest BCUT2D eigenvalue weighted by Crippen LogP contribution is 2.23. The molecule has 0 N–H and O–H groups in total. The summed E-state index contributed by atoms with van der Waals surface area (Å²) in [6, 6.07) is 16.3. The van der Waals surface area contributed by atoms with Crippen molar-refractivity contribution in [2.75, 3.05) is 6.61 Å². The number of hydrogen-bond donors (Lipinski definition) is 0. The Labute approximate surface area is 150 Å². The average Bonchev–Trinajstić information content (AvgIpc) is 3.21. The molecule has 6 nitrogen and oxygen atoms in total. The molecule has 1 atom stereocenters. The van der Waals surface area contributed by atoms with E-state index in [1.807, 2.05) is 30.3 Å². The van der Waals surface area contributed by atoms with E-state index in [4.69, 9.17) is 9.57 Å². The van der Waals surface area contributed by atoms with Crippen LogP contribution in [0, 0.1) is 0 Å². The van der Waals surface area contributed by atoms with Crippen LogP contribution in [-0.2, 0) is 4.84 Å². The minimum absolute atomic E-state index is 0.0728. The average molecular weight is 352 g/mol. The Kier molecular flexibility index (Phi) is 5.72. The standard InChI is InChI=1S/C19H17FN4O2/c1-2-12-25-23-18(19(20)24-14-21-13-22-24)15-8-10-17(11-9-15)26-16-6-4-3-5-7-16/h2-11,13-14,19H,1,12H2. The highest BCUT2D eigenvalue weighted by molar-refractivity contribution is 6.02. The van der Waals surface area contributed by atoms with Crippen molar-refractivity contribution in [1.82, 2.24) is 14.8 Å². The van der Waals surface area contributed by atoms with Gasteiger partial charge in [-0.3, -0.25) is 0 Å². The molecule has 0 aliphatic carbocycles. The van der Waals surface area contributed by atoms with Gasteiger partial charge < -0.3 is 9.57 Å². The van der Waals surface area contributed by atoms with Gasteiger partial charge in [0.2, 0.25) is 6.30 Å². The molecule has 2 aromatic carbocycles. The summed E-state index contributed by atoms with van der Waals surface area (Å²) in [5.41, 5.74) is 0.612. The van der Waals surface area contributed by atoms with Crippen molar-refractivity contribution in [2.45, 2.75) is 6.30 Å². The first-order valence-electron chi connectivity index (χ1n) is 7.90. The first kappa shape index (κ1) is 17.3. The molecule has 132 valence electrons. The van der Waals surface area contributed by atoms with Crippen LogP contribution in [0.5, 0.6) is 11.5 Å². The van der Waals surface area contributed by atoms with Crippen LogP contribution in [0.1, 0.15) is 11.9 Å². The van der Waals surface area contributed by atoms with E-state index in [-0.39, 0.29) is 12.3 Å². The molecule has 0 fully saturated rings. The molecule has 26 heavy (non-hydrogen) atoms. The summed E-state index contributed by atoms with van der Waals surface area (Å²) in [7, 11) is 0. The number of ether oxygens (including phenoxy) is 1. The first-order valence-corrected chi connectivity index (χ1v) is 7.90. The molecule has 0 amide bonds. The smallest absolute Gasteiger partial charge is 0.239 e. The van der Waals surface area contributed by atoms with Gasteiger partial charge in [-0.05, 0) is 36.4 Å². The summed E-state index contributed by atoms with van der Waals surface area (Å²) in [6.45, 7) is 3.71. The van der Waals surface area contributed by atoms with Crippen LogP contribution in [0.25, 0.3) is 0 Å². The second kappa shape index (κ2) is 8.57. The van der Waals surface area contributed by atoms with Crippen LogP contribution in [0.2, 0.25) is 0 Å². The third-order valence-corrected chi connectivity index (χ3v) is 3.38. The lowest BCUT2D eigenvalue weighted by atomic mass is 10.1. The van der Waals surface area contributed by atoms with Crippen LogP contribution in [-0.4, -0.2) is 27.1 Å². The molecular weight excluding hydrogens is 335 g/mol. The van der Waals surface area contributed by atoms with Crippen LogP contribution < -0.4 is 4.74 Å². The number of oxime groups is 1. The third kappa shape index (κ3) is 4.32. The van der Waals surface area contributed by atoms with Crippen molar-refractivity contribution < 1.29 is 14.0 Å². The lowest BCUT2D eigenvalue weighted by Crippen LogP contribution is -2.17. The number of hydrogen-bond acceptors (Lipinski definition) is 5. The molecule has 3 rings (SSSR count). The summed E-state index contributed by atoms with van der Waals surface area (Å²) in [5.74, 6) is 1.34. The van der Waals surface area contributed by atoms with Crippen LogP contribution in [0.15, 0.2) is 85.1 Å². The van der Waals surface area contributed by atoms with E-state index in [2.05, 4.69) is 21.8 Å². The SMILES string of the molecule is C=CCON=C(c1ccc(Oc2ccccc2)cc1)C(F)n1cncn1. The molecule has 0 aliphatic heterocycles. The Morgan fingerprint density at radius 1 is 1.15 bits per heavy atom. The number of rotatable bonds is 8. The van der Waals surface area contributed by atoms with E-state index < -0.39 is 6.30 Å². The van der Waals surface area contributed by atoms with Crippen molar-refractivity contribution in [3.8, 4) is 11.5 Å². The van der Waals surface area contributed by atoms with Gasteiger partial charge in [-0.15, -0.1) is 0 Å². The van der Waals surface area contributed by atoms with Gasteiger partial charge in [0, 0.05) is 5.56 Å². The predicted octanol–water partition coefficient (Wildman–Crippen LogP) is 4.15. The van der Waals surface area contributed by atoms with Crippen molar-refractivity contribution in [1.29, 1.82) is 0 Å². The quantitative estimate of drug-likeness (QED) is 0.264. The molecule has 3 aromatic rings. The van der Waals surface area contributed by atoms with Crippen LogP contribution in [0.4, 0.5) is 4.39 Å². The van der Waals surface area contributed by atoms with E-state index in [0.29, 0.717) is 11.3 Å². The van der Waals surface area contributed by atoms with Crippen LogP contribution >= 0.6 is 0 Å². The van der Waals surface area contributed by atoms with E-state index >= 15 is 0 Å². The number of nitrogens with zero attached hydrogens (tertiary/aromatic N) is 4. The van der Waals surface area contributed by atoms with Gasteiger partial charge in [0.15, 0.2) is 0 Å². The number of para-hydroxylation sites is 1. The van der Waals surface area contributed by atoms with Crippen LogP contribution in [0.3, 0.4) is 0 Å². The summed E-state index contributed by atoms with van der Waals surface area (Å²) < 4.78 is 21.6. The highest BCUT2D eigenvalue weighted by atomic mass is 19.1. The molecule has 0 bridgehead atoms. The second-order valence-corrected chi connectivity index (χ2v) is 5.21. The molecule has 1 heterocycles. The number of alkyl halides is 1. The Bertz CT molecular complexity index is 849. The minimum atomic E-state index is -1.64. The van der Waals surface area contributed by atoms with Crippen molar-refractivity contribution in [2.24, 2.45) is 5.16 Å². The number of benzene rings is 2. The van der Waals surface area contributed by atoms with E-state index in [9.17, 15) is 4.39 Å². The molecule has 0 radical (unpaired) electrons. The molecule has 0 spiro atoms. The van der Waals surface area contributed by atoms with E-state index in [1.54, 1.807) is 24.3 Å². The maximum absolute atomic E-state index is 14.8. The fourth-order valence-electron chi connectivity index (χ4n) is 2.17. The second-order valence-electron chi connectivity index (χ2n) is 5.21. The Hall–Kier alpha value is -3.48. The van der Waals surface area contributed by atoms with Gasteiger partial charge in [-0.2, -0.15) is 5.10 Å². The number of aromatic nitrogens is 3. The van der Waals surface area contributed by atoms with Gasteiger partial charge in [-0.1, -0.05) is 36.0 Å². The lowest BCUT2D eigenvalue weighted by Gasteiger charge is -2.12. The third-order valence-electron chi connectivity index (χ3n) is 3.38. The minimum Gasteiger partial charge on any atom is -0.457 e. The Morgan fingerprint density at radius 2 is 1.88 bits per heavy atom. The monoisotopic (exact) mass is 352 g/mol. The maximum atomic E-state index is 14.8. The molecule has 1 unspecified atom stereocenters. The topological polar surface area (TPSA) is 61.5 Å². The van der Waals surface area contributed by atoms with E-state index in [0.717, 1.165) is 10.4 Å². The van der Waals surface area contributed by atoms with Crippen molar-refractivity contribution in [3.05, 3.63) is 85.5 Å². The molecule has 0 saturated carbocycles. The van der Waals surface area contributed by atoms with Gasteiger partial charge in [0.1, 0.15) is 36.5 Å². The largest absolute Gasteiger partial charge is 0.457 e. The first-order chi connectivity index (χ1) is 12.8. The molecule has 1 aromatic heterocycles.